The number of thiophene rings is 1. The van der Waals surface area contributed by atoms with Crippen LogP contribution in [-0.2, 0) is 6.42 Å². The fraction of sp³-hybridized carbons (Fsp3) is 0.733. The molecule has 0 radical (unpaired) electrons. The van der Waals surface area contributed by atoms with E-state index >= 15 is 0 Å². The van der Waals surface area contributed by atoms with Crippen molar-refractivity contribution in [1.29, 1.82) is 0 Å². The van der Waals surface area contributed by atoms with Crippen molar-refractivity contribution in [3.05, 3.63) is 21.9 Å². The molecule has 0 aliphatic carbocycles. The van der Waals surface area contributed by atoms with Gasteiger partial charge in [-0.3, -0.25) is 4.90 Å². The van der Waals surface area contributed by atoms with Crippen LogP contribution in [0.2, 0.25) is 0 Å². The number of likely N-dealkylation sites (N-methyl/N-ethyl adjacent to an activating group) is 2. The normalized spacial score (nSPS) is 23.7. The van der Waals surface area contributed by atoms with Crippen LogP contribution in [0.5, 0.6) is 0 Å². The Morgan fingerprint density at radius 3 is 2.84 bits per heavy atom. The van der Waals surface area contributed by atoms with Crippen LogP contribution in [0.3, 0.4) is 0 Å². The first-order chi connectivity index (χ1) is 9.10. The van der Waals surface area contributed by atoms with Crippen LogP contribution in [0.15, 0.2) is 12.1 Å². The van der Waals surface area contributed by atoms with Gasteiger partial charge in [0.15, 0.2) is 0 Å². The van der Waals surface area contributed by atoms with Gasteiger partial charge >= 0.3 is 0 Å². The lowest BCUT2D eigenvalue weighted by Crippen LogP contribution is -2.53. The molecule has 0 saturated carbocycles. The molecule has 1 aromatic rings. The van der Waals surface area contributed by atoms with Gasteiger partial charge in [0.05, 0.1) is 0 Å². The van der Waals surface area contributed by atoms with E-state index in [4.69, 9.17) is 0 Å². The van der Waals surface area contributed by atoms with E-state index in [1.807, 2.05) is 11.3 Å². The molecule has 108 valence electrons. The zero-order valence-corrected chi connectivity index (χ0v) is 13.5. The highest BCUT2D eigenvalue weighted by Gasteiger charge is 2.22. The zero-order valence-electron chi connectivity index (χ0n) is 12.6. The fourth-order valence-corrected chi connectivity index (χ4v) is 3.53. The molecule has 4 heteroatoms. The molecule has 1 aliphatic heterocycles. The Balaban J connectivity index is 1.83. The molecule has 2 atom stereocenters. The van der Waals surface area contributed by atoms with Crippen molar-refractivity contribution in [1.82, 2.24) is 15.1 Å². The molecule has 0 spiro atoms. The van der Waals surface area contributed by atoms with Crippen molar-refractivity contribution in [2.75, 3.05) is 40.3 Å². The van der Waals surface area contributed by atoms with Crippen molar-refractivity contribution in [3.63, 3.8) is 0 Å². The Labute approximate surface area is 121 Å². The fourth-order valence-electron chi connectivity index (χ4n) is 2.55. The van der Waals surface area contributed by atoms with Gasteiger partial charge in [0.2, 0.25) is 0 Å². The van der Waals surface area contributed by atoms with Gasteiger partial charge in [-0.2, -0.15) is 0 Å². The summed E-state index contributed by atoms with van der Waals surface area (Å²) in [6, 6.07) is 5.63. The second-order valence-corrected chi connectivity index (χ2v) is 6.88. The van der Waals surface area contributed by atoms with E-state index in [2.05, 4.69) is 55.2 Å². The van der Waals surface area contributed by atoms with Gasteiger partial charge < -0.3 is 10.2 Å². The number of nitrogens with one attached hydrogen (secondary N) is 1. The Bertz CT molecular complexity index is 390. The lowest BCUT2D eigenvalue weighted by atomic mass is 10.1. The Morgan fingerprint density at radius 2 is 2.16 bits per heavy atom. The van der Waals surface area contributed by atoms with Gasteiger partial charge in [0.25, 0.3) is 0 Å². The number of hydrogen-bond donors (Lipinski definition) is 1. The quantitative estimate of drug-likeness (QED) is 0.893. The summed E-state index contributed by atoms with van der Waals surface area (Å²) in [5.41, 5.74) is 0. The molecule has 1 saturated heterocycles. The first-order valence-electron chi connectivity index (χ1n) is 7.31. The van der Waals surface area contributed by atoms with E-state index in [0.717, 1.165) is 13.0 Å². The molecule has 0 bridgehead atoms. The summed E-state index contributed by atoms with van der Waals surface area (Å²) in [6.07, 6.45) is 1.15. The lowest BCUT2D eigenvalue weighted by Gasteiger charge is -2.38. The van der Waals surface area contributed by atoms with Crippen LogP contribution >= 0.6 is 11.3 Å². The number of piperazine rings is 1. The lowest BCUT2D eigenvalue weighted by molar-refractivity contribution is 0.112. The minimum absolute atomic E-state index is 0.464. The summed E-state index contributed by atoms with van der Waals surface area (Å²) in [4.78, 5) is 7.85. The third kappa shape index (κ3) is 4.02. The summed E-state index contributed by atoms with van der Waals surface area (Å²) in [5, 5.41) is 3.70. The van der Waals surface area contributed by atoms with Gasteiger partial charge in [0.1, 0.15) is 0 Å². The highest BCUT2D eigenvalue weighted by Crippen LogP contribution is 2.23. The smallest absolute Gasteiger partial charge is 0.0386 e. The third-order valence-corrected chi connectivity index (χ3v) is 5.51. The average Bonchev–Trinajstić information content (AvgIpc) is 2.88. The number of aryl methyl sites for hydroxylation is 1. The third-order valence-electron chi connectivity index (χ3n) is 4.10. The largest absolute Gasteiger partial charge is 0.308 e. The van der Waals surface area contributed by atoms with Crippen molar-refractivity contribution in [3.8, 4) is 0 Å². The highest BCUT2D eigenvalue weighted by molar-refractivity contribution is 7.12. The van der Waals surface area contributed by atoms with Crippen molar-refractivity contribution in [2.24, 2.45) is 0 Å². The van der Waals surface area contributed by atoms with E-state index in [0.29, 0.717) is 12.1 Å². The summed E-state index contributed by atoms with van der Waals surface area (Å²) in [6.45, 7) is 9.10. The maximum absolute atomic E-state index is 3.70. The maximum Gasteiger partial charge on any atom is 0.0386 e. The van der Waals surface area contributed by atoms with Gasteiger partial charge in [-0.05, 0) is 39.6 Å². The van der Waals surface area contributed by atoms with E-state index in [-0.39, 0.29) is 0 Å². The van der Waals surface area contributed by atoms with Gasteiger partial charge in [-0.25, -0.2) is 0 Å². The summed E-state index contributed by atoms with van der Waals surface area (Å²) < 4.78 is 0. The highest BCUT2D eigenvalue weighted by atomic mass is 32.1. The van der Waals surface area contributed by atoms with Crippen LogP contribution in [-0.4, -0.2) is 56.1 Å². The molecule has 1 aromatic heterocycles. The van der Waals surface area contributed by atoms with Crippen LogP contribution < -0.4 is 5.32 Å². The number of hydrogen-bond acceptors (Lipinski definition) is 4. The molecule has 0 amide bonds. The van der Waals surface area contributed by atoms with Gasteiger partial charge in [-0.15, -0.1) is 11.3 Å². The molecule has 19 heavy (non-hydrogen) atoms. The number of rotatable bonds is 5. The van der Waals surface area contributed by atoms with Crippen molar-refractivity contribution < 1.29 is 0 Å². The van der Waals surface area contributed by atoms with Gasteiger partial charge in [0, 0.05) is 48.0 Å². The minimum atomic E-state index is 0.464. The molecule has 2 rings (SSSR count). The van der Waals surface area contributed by atoms with E-state index in [9.17, 15) is 0 Å². The molecule has 2 unspecified atom stereocenters. The first-order valence-corrected chi connectivity index (χ1v) is 8.12. The van der Waals surface area contributed by atoms with Crippen LogP contribution in [0.1, 0.15) is 29.6 Å². The van der Waals surface area contributed by atoms with Crippen molar-refractivity contribution >= 4 is 11.3 Å². The molecular weight excluding hydrogens is 254 g/mol. The molecule has 3 nitrogen and oxygen atoms in total. The molecule has 1 aliphatic rings. The van der Waals surface area contributed by atoms with Crippen LogP contribution in [0.25, 0.3) is 0 Å². The molecule has 1 fully saturated rings. The predicted molar refractivity (Wildman–Crippen MR) is 84.0 cm³/mol. The van der Waals surface area contributed by atoms with Crippen LogP contribution in [0, 0.1) is 0 Å². The molecule has 1 N–H and O–H groups in total. The summed E-state index contributed by atoms with van der Waals surface area (Å²) in [5.74, 6) is 0. The molecule has 0 aromatic carbocycles. The molecule has 2 heterocycles. The first kappa shape index (κ1) is 15.0. The zero-order chi connectivity index (χ0) is 13.8. The monoisotopic (exact) mass is 281 g/mol. The summed E-state index contributed by atoms with van der Waals surface area (Å²) in [7, 11) is 4.46. The Morgan fingerprint density at radius 1 is 1.37 bits per heavy atom. The minimum Gasteiger partial charge on any atom is -0.308 e. The standard InChI is InChI=1S/C15H27N3S/c1-5-14-6-7-15(19-14)12(2)16-10-13-11-17(3)8-9-18(13)4/h6-7,12-13,16H,5,8-11H2,1-4H3. The Kier molecular flexibility index (Phi) is 5.39. The summed E-state index contributed by atoms with van der Waals surface area (Å²) >= 11 is 1.94. The van der Waals surface area contributed by atoms with E-state index in [1.54, 1.807) is 0 Å². The van der Waals surface area contributed by atoms with E-state index in [1.165, 1.54) is 29.4 Å². The maximum atomic E-state index is 3.70. The number of nitrogens with zero attached hydrogens (tertiary/aromatic N) is 2. The topological polar surface area (TPSA) is 18.5 Å². The van der Waals surface area contributed by atoms with E-state index < -0.39 is 0 Å². The SMILES string of the molecule is CCc1ccc(C(C)NCC2CN(C)CCN2C)s1. The Hall–Kier alpha value is -0.420. The second kappa shape index (κ2) is 6.84. The van der Waals surface area contributed by atoms with Crippen LogP contribution in [0.4, 0.5) is 0 Å². The average molecular weight is 281 g/mol. The second-order valence-electron chi connectivity index (χ2n) is 5.68. The molecular formula is C15H27N3S. The van der Waals surface area contributed by atoms with Gasteiger partial charge in [-0.1, -0.05) is 6.92 Å². The van der Waals surface area contributed by atoms with Crippen molar-refractivity contribution in [2.45, 2.75) is 32.4 Å². The predicted octanol–water partition coefficient (Wildman–Crippen LogP) is 2.21.